The Bertz CT molecular complexity index is 901. The van der Waals surface area contributed by atoms with Gasteiger partial charge in [-0.25, -0.2) is 4.79 Å². The molecule has 32 heavy (non-hydrogen) atoms. The average molecular weight is 446 g/mol. The number of esters is 1. The van der Waals surface area contributed by atoms with Crippen molar-refractivity contribution >= 4 is 24.3 Å². The molecule has 2 heterocycles. The van der Waals surface area contributed by atoms with E-state index in [2.05, 4.69) is 17.7 Å². The molecule has 174 valence electrons. The molecule has 2 saturated heterocycles. The molecular formula is C23H31N3O6. The van der Waals surface area contributed by atoms with Gasteiger partial charge in [0.25, 0.3) is 5.91 Å². The summed E-state index contributed by atoms with van der Waals surface area (Å²) in [5, 5.41) is 4.49. The van der Waals surface area contributed by atoms with Crippen LogP contribution in [0.25, 0.3) is 0 Å². The normalized spacial score (nSPS) is 28.1. The molecule has 0 aliphatic carbocycles. The molecule has 2 aliphatic rings. The van der Waals surface area contributed by atoms with E-state index in [1.165, 1.54) is 6.92 Å². The molecule has 0 bridgehead atoms. The van der Waals surface area contributed by atoms with E-state index in [-0.39, 0.29) is 23.8 Å². The van der Waals surface area contributed by atoms with E-state index in [0.717, 1.165) is 19.3 Å². The van der Waals surface area contributed by atoms with Crippen LogP contribution in [-0.4, -0.2) is 53.7 Å². The average Bonchev–Trinajstić information content (AvgIpc) is 3.36. The summed E-state index contributed by atoms with van der Waals surface area (Å²) in [7, 11) is 0. The maximum atomic E-state index is 13.1. The van der Waals surface area contributed by atoms with Crippen molar-refractivity contribution in [1.82, 2.24) is 15.8 Å². The van der Waals surface area contributed by atoms with E-state index in [9.17, 15) is 19.2 Å². The second-order valence-corrected chi connectivity index (χ2v) is 9.03. The number of ether oxygens (including phenoxy) is 2. The van der Waals surface area contributed by atoms with Gasteiger partial charge < -0.3 is 9.47 Å². The van der Waals surface area contributed by atoms with Crippen molar-refractivity contribution in [3.05, 3.63) is 35.4 Å². The van der Waals surface area contributed by atoms with Crippen LogP contribution in [0.2, 0.25) is 0 Å². The van der Waals surface area contributed by atoms with E-state index in [1.54, 1.807) is 29.3 Å². The summed E-state index contributed by atoms with van der Waals surface area (Å²) < 4.78 is 11.1. The van der Waals surface area contributed by atoms with Crippen LogP contribution in [0.1, 0.15) is 74.1 Å². The Labute approximate surface area is 187 Å². The third-order valence-corrected chi connectivity index (χ3v) is 6.06. The molecule has 3 rings (SSSR count). The molecule has 0 saturated carbocycles. The maximum absolute atomic E-state index is 13.1. The Morgan fingerprint density at radius 3 is 2.69 bits per heavy atom. The molecule has 9 heteroatoms. The molecule has 2 aliphatic heterocycles. The molecule has 2 fully saturated rings. The zero-order valence-electron chi connectivity index (χ0n) is 19.0. The molecule has 1 spiro atoms. The van der Waals surface area contributed by atoms with Crippen molar-refractivity contribution in [3.63, 3.8) is 0 Å². The quantitative estimate of drug-likeness (QED) is 0.274. The molecule has 2 amide bonds. The number of carbonyl (C=O) groups excluding carboxylic acids is 4. The SMILES string of the molecule is CCCCCC1N(NC(=O)c2ccccc2C=O)[C@@]12NC(=O)OCC(C)(C)C2OC(C)=O. The number of cyclic esters (lactones) is 1. The highest BCUT2D eigenvalue weighted by atomic mass is 16.6. The fourth-order valence-corrected chi connectivity index (χ4v) is 4.50. The number of aldehydes is 1. The van der Waals surface area contributed by atoms with Crippen LogP contribution in [0.3, 0.4) is 0 Å². The van der Waals surface area contributed by atoms with Crippen molar-refractivity contribution in [3.8, 4) is 0 Å². The van der Waals surface area contributed by atoms with Crippen molar-refractivity contribution < 1.29 is 28.7 Å². The largest absolute Gasteiger partial charge is 0.458 e. The predicted octanol–water partition coefficient (Wildman–Crippen LogP) is 2.80. The van der Waals surface area contributed by atoms with Crippen molar-refractivity contribution in [2.45, 2.75) is 71.2 Å². The Hall–Kier alpha value is -2.94. The first-order valence-electron chi connectivity index (χ1n) is 10.9. The lowest BCUT2D eigenvalue weighted by molar-refractivity contribution is -0.158. The molecule has 4 atom stereocenters. The monoisotopic (exact) mass is 445 g/mol. The van der Waals surface area contributed by atoms with Gasteiger partial charge in [0.15, 0.2) is 11.9 Å². The molecule has 1 aromatic rings. The standard InChI is InChI=1S/C23H31N3O6/c1-5-6-7-12-18-23(20(32-15(2)28)22(3,4)14-31-21(30)24-23)26(18)25-19(29)17-11-9-8-10-16(17)13-27/h8-11,13,18,20H,5-7,12,14H2,1-4H3,(H,24,30)(H,25,29)/t18?,20?,23-,26?/m0/s1. The number of hydrogen-bond donors (Lipinski definition) is 2. The van der Waals surface area contributed by atoms with Crippen LogP contribution >= 0.6 is 0 Å². The first kappa shape index (κ1) is 23.7. The van der Waals surface area contributed by atoms with E-state index >= 15 is 0 Å². The fourth-order valence-electron chi connectivity index (χ4n) is 4.50. The van der Waals surface area contributed by atoms with Gasteiger partial charge in [-0.1, -0.05) is 58.2 Å². The summed E-state index contributed by atoms with van der Waals surface area (Å²) in [6.45, 7) is 7.16. The van der Waals surface area contributed by atoms with Gasteiger partial charge in [-0.05, 0) is 12.5 Å². The summed E-state index contributed by atoms with van der Waals surface area (Å²) in [5.74, 6) is -0.973. The van der Waals surface area contributed by atoms with Gasteiger partial charge >= 0.3 is 12.1 Å². The highest BCUT2D eigenvalue weighted by molar-refractivity contribution is 6.01. The summed E-state index contributed by atoms with van der Waals surface area (Å²) in [6, 6.07) is 6.16. The highest BCUT2D eigenvalue weighted by Gasteiger charge is 2.74. The van der Waals surface area contributed by atoms with Gasteiger partial charge in [-0.2, -0.15) is 5.01 Å². The molecular weight excluding hydrogens is 414 g/mol. The van der Waals surface area contributed by atoms with Gasteiger partial charge in [-0.3, -0.25) is 25.1 Å². The number of nitrogens with one attached hydrogen (secondary N) is 2. The second kappa shape index (κ2) is 9.28. The molecule has 9 nitrogen and oxygen atoms in total. The minimum Gasteiger partial charge on any atom is -0.458 e. The Morgan fingerprint density at radius 2 is 2.03 bits per heavy atom. The topological polar surface area (TPSA) is 114 Å². The zero-order valence-corrected chi connectivity index (χ0v) is 19.0. The Morgan fingerprint density at radius 1 is 1.31 bits per heavy atom. The van der Waals surface area contributed by atoms with Crippen LogP contribution in [0.15, 0.2) is 24.3 Å². The lowest BCUT2D eigenvalue weighted by Gasteiger charge is -2.35. The van der Waals surface area contributed by atoms with Gasteiger partial charge in [0.1, 0.15) is 12.7 Å². The maximum Gasteiger partial charge on any atom is 0.408 e. The number of nitrogens with zero attached hydrogens (tertiary/aromatic N) is 1. The summed E-state index contributed by atoms with van der Waals surface area (Å²) in [5.41, 5.74) is 1.46. The number of hydrazine groups is 1. The fraction of sp³-hybridized carbons (Fsp3) is 0.565. The molecule has 1 aromatic carbocycles. The minimum atomic E-state index is -1.15. The lowest BCUT2D eigenvalue weighted by Crippen LogP contribution is -2.57. The molecule has 0 aromatic heterocycles. The minimum absolute atomic E-state index is 0.0516. The van der Waals surface area contributed by atoms with Crippen LogP contribution < -0.4 is 10.7 Å². The van der Waals surface area contributed by atoms with Crippen LogP contribution in [0.5, 0.6) is 0 Å². The van der Waals surface area contributed by atoms with Crippen molar-refractivity contribution in [2.24, 2.45) is 5.41 Å². The lowest BCUT2D eigenvalue weighted by atomic mass is 9.81. The number of rotatable bonds is 8. The predicted molar refractivity (Wildman–Crippen MR) is 116 cm³/mol. The Kier molecular flexibility index (Phi) is 6.88. The Balaban J connectivity index is 1.98. The number of benzene rings is 1. The van der Waals surface area contributed by atoms with Crippen LogP contribution in [0, 0.1) is 5.41 Å². The number of hydrogen-bond acceptors (Lipinski definition) is 7. The molecule has 3 unspecified atom stereocenters. The summed E-state index contributed by atoms with van der Waals surface area (Å²) in [6.07, 6.45) is 2.73. The number of unbranched alkanes of at least 4 members (excludes halogenated alkanes) is 2. The van der Waals surface area contributed by atoms with Gasteiger partial charge in [-0.15, -0.1) is 0 Å². The van der Waals surface area contributed by atoms with Crippen molar-refractivity contribution in [2.75, 3.05) is 6.61 Å². The van der Waals surface area contributed by atoms with E-state index < -0.39 is 35.2 Å². The first-order chi connectivity index (χ1) is 15.2. The van der Waals surface area contributed by atoms with Gasteiger partial charge in [0, 0.05) is 17.9 Å². The highest BCUT2D eigenvalue weighted by Crippen LogP contribution is 2.50. The molecule has 2 N–H and O–H groups in total. The number of amides is 2. The van der Waals surface area contributed by atoms with Crippen molar-refractivity contribution in [1.29, 1.82) is 0 Å². The molecule has 0 radical (unpaired) electrons. The van der Waals surface area contributed by atoms with Crippen LogP contribution in [-0.2, 0) is 14.3 Å². The first-order valence-corrected chi connectivity index (χ1v) is 10.9. The van der Waals surface area contributed by atoms with E-state index in [0.29, 0.717) is 12.7 Å². The van der Waals surface area contributed by atoms with Gasteiger partial charge in [0.05, 0.1) is 11.6 Å². The summed E-state index contributed by atoms with van der Waals surface area (Å²) in [4.78, 5) is 48.9. The van der Waals surface area contributed by atoms with Crippen LogP contribution in [0.4, 0.5) is 4.79 Å². The van der Waals surface area contributed by atoms with E-state index in [1.807, 2.05) is 13.8 Å². The smallest absolute Gasteiger partial charge is 0.408 e. The van der Waals surface area contributed by atoms with E-state index in [4.69, 9.17) is 9.47 Å². The number of carbonyl (C=O) groups is 4. The van der Waals surface area contributed by atoms with Gasteiger partial charge in [0.2, 0.25) is 0 Å². The third-order valence-electron chi connectivity index (χ3n) is 6.06. The third kappa shape index (κ3) is 4.48. The number of alkyl carbamates (subject to hydrolysis) is 1. The second-order valence-electron chi connectivity index (χ2n) is 9.03. The zero-order chi connectivity index (χ0) is 23.5. The summed E-state index contributed by atoms with van der Waals surface area (Å²) >= 11 is 0.